The Balaban J connectivity index is 1.82. The van der Waals surface area contributed by atoms with Gasteiger partial charge in [-0.05, 0) is 30.2 Å². The summed E-state index contributed by atoms with van der Waals surface area (Å²) in [5.74, 6) is 0.338. The molecule has 2 rings (SSSR count). The van der Waals surface area contributed by atoms with Crippen molar-refractivity contribution in [1.29, 1.82) is 0 Å². The minimum Gasteiger partial charge on any atom is -0.485 e. The van der Waals surface area contributed by atoms with E-state index in [4.69, 9.17) is 14.4 Å². The number of aliphatic carboxylic acids is 1. The lowest BCUT2D eigenvalue weighted by Crippen LogP contribution is -2.29. The number of nitrogens with zero attached hydrogens (tertiary/aromatic N) is 2. The minimum absolute atomic E-state index is 0.0168. The molecular formula is C17H21N3O5. The van der Waals surface area contributed by atoms with E-state index < -0.39 is 5.97 Å². The zero-order valence-corrected chi connectivity index (χ0v) is 14.2. The van der Waals surface area contributed by atoms with Crippen LogP contribution in [0.25, 0.3) is 0 Å². The first-order valence-corrected chi connectivity index (χ1v) is 8.02. The van der Waals surface area contributed by atoms with Gasteiger partial charge in [0.25, 0.3) is 5.91 Å². The van der Waals surface area contributed by atoms with Gasteiger partial charge in [-0.15, -0.1) is 0 Å². The summed E-state index contributed by atoms with van der Waals surface area (Å²) in [6, 6.07) is 6.63. The first kappa shape index (κ1) is 18.4. The van der Waals surface area contributed by atoms with E-state index in [1.54, 1.807) is 31.2 Å². The number of amides is 1. The molecule has 0 aliphatic carbocycles. The Hall–Kier alpha value is -2.90. The van der Waals surface area contributed by atoms with Gasteiger partial charge in [-0.25, -0.2) is 0 Å². The molecule has 0 bridgehead atoms. The van der Waals surface area contributed by atoms with Crippen LogP contribution in [-0.4, -0.2) is 33.7 Å². The number of nitrogens with one attached hydrogen (secondary N) is 1. The van der Waals surface area contributed by atoms with Gasteiger partial charge < -0.3 is 19.7 Å². The summed E-state index contributed by atoms with van der Waals surface area (Å²) in [7, 11) is 0. The maximum absolute atomic E-state index is 12.0. The number of hydrogen-bond acceptors (Lipinski definition) is 6. The summed E-state index contributed by atoms with van der Waals surface area (Å²) in [5, 5.41) is 15.2. The van der Waals surface area contributed by atoms with E-state index in [2.05, 4.69) is 15.5 Å². The second kappa shape index (κ2) is 8.81. The minimum atomic E-state index is -0.879. The number of benzene rings is 1. The molecule has 0 spiro atoms. The van der Waals surface area contributed by atoms with Gasteiger partial charge in [0.2, 0.25) is 11.7 Å². The Kier molecular flexibility index (Phi) is 6.50. The highest BCUT2D eigenvalue weighted by atomic mass is 16.5. The number of ether oxygens (including phenoxy) is 1. The number of aromatic nitrogens is 2. The number of carbonyl (C=O) groups is 2. The zero-order chi connectivity index (χ0) is 18.2. The van der Waals surface area contributed by atoms with Gasteiger partial charge in [0.1, 0.15) is 5.75 Å². The van der Waals surface area contributed by atoms with Crippen LogP contribution in [0.4, 0.5) is 0 Å². The van der Waals surface area contributed by atoms with Crippen molar-refractivity contribution in [2.75, 3.05) is 6.54 Å². The summed E-state index contributed by atoms with van der Waals surface area (Å²) >= 11 is 0. The summed E-state index contributed by atoms with van der Waals surface area (Å²) < 4.78 is 10.5. The molecule has 8 nitrogen and oxygen atoms in total. The first-order chi connectivity index (χ1) is 12.0. The maximum atomic E-state index is 12.0. The quantitative estimate of drug-likeness (QED) is 0.713. The summed E-state index contributed by atoms with van der Waals surface area (Å²) in [6.45, 7) is 4.18. The van der Waals surface area contributed by atoms with Crippen LogP contribution < -0.4 is 10.1 Å². The smallest absolute Gasteiger partial charge is 0.303 e. The Bertz CT molecular complexity index is 711. The van der Waals surface area contributed by atoms with Gasteiger partial charge in [-0.2, -0.15) is 4.98 Å². The van der Waals surface area contributed by atoms with Crippen LogP contribution in [-0.2, 0) is 17.8 Å². The average Bonchev–Trinajstić information content (AvgIpc) is 3.06. The lowest BCUT2D eigenvalue weighted by molar-refractivity contribution is -0.137. The monoisotopic (exact) mass is 347 g/mol. The van der Waals surface area contributed by atoms with Crippen molar-refractivity contribution >= 4 is 11.9 Å². The van der Waals surface area contributed by atoms with E-state index in [1.807, 2.05) is 6.92 Å². The lowest BCUT2D eigenvalue weighted by atomic mass is 10.1. The van der Waals surface area contributed by atoms with Crippen LogP contribution in [0.2, 0.25) is 0 Å². The number of carboxylic acid groups (broad SMARTS) is 1. The molecule has 1 unspecified atom stereocenters. The number of carboxylic acids is 1. The third-order valence-electron chi connectivity index (χ3n) is 3.43. The van der Waals surface area contributed by atoms with Crippen molar-refractivity contribution in [3.8, 4) is 5.75 Å². The van der Waals surface area contributed by atoms with Crippen molar-refractivity contribution in [2.45, 2.75) is 33.3 Å². The van der Waals surface area contributed by atoms with Gasteiger partial charge >= 0.3 is 5.97 Å². The Morgan fingerprint density at radius 2 is 2.04 bits per heavy atom. The lowest BCUT2D eigenvalue weighted by Gasteiger charge is -2.10. The highest BCUT2D eigenvalue weighted by molar-refractivity contribution is 5.94. The molecular weight excluding hydrogens is 326 g/mol. The highest BCUT2D eigenvalue weighted by Gasteiger charge is 2.11. The number of carbonyl (C=O) groups excluding carboxylic acids is 1. The molecule has 0 saturated heterocycles. The molecule has 134 valence electrons. The SMILES string of the molecule is CCc1nc(COc2ccc(C(=O)NCC(C)CC(=O)O)cc2)no1. The normalized spacial score (nSPS) is 11.8. The van der Waals surface area contributed by atoms with E-state index in [0.717, 1.165) is 0 Å². The van der Waals surface area contributed by atoms with Crippen LogP contribution in [0.3, 0.4) is 0 Å². The van der Waals surface area contributed by atoms with Crippen molar-refractivity contribution in [2.24, 2.45) is 5.92 Å². The fourth-order valence-corrected chi connectivity index (χ4v) is 2.08. The topological polar surface area (TPSA) is 115 Å². The molecule has 0 aliphatic rings. The van der Waals surface area contributed by atoms with Crippen LogP contribution >= 0.6 is 0 Å². The zero-order valence-electron chi connectivity index (χ0n) is 14.2. The number of aryl methyl sites for hydroxylation is 1. The molecule has 8 heteroatoms. The van der Waals surface area contributed by atoms with E-state index in [1.165, 1.54) is 0 Å². The highest BCUT2D eigenvalue weighted by Crippen LogP contribution is 2.14. The Labute approximate surface area is 145 Å². The van der Waals surface area contributed by atoms with Gasteiger partial charge in [0, 0.05) is 24.9 Å². The third kappa shape index (κ3) is 5.91. The van der Waals surface area contributed by atoms with Crippen LogP contribution in [0, 0.1) is 5.92 Å². The van der Waals surface area contributed by atoms with Crippen molar-refractivity contribution in [1.82, 2.24) is 15.5 Å². The number of rotatable bonds is 9. The second-order valence-corrected chi connectivity index (χ2v) is 5.68. The van der Waals surface area contributed by atoms with E-state index in [0.29, 0.717) is 36.0 Å². The summed E-state index contributed by atoms with van der Waals surface area (Å²) in [4.78, 5) is 26.8. The van der Waals surface area contributed by atoms with Gasteiger partial charge in [0.15, 0.2) is 6.61 Å². The summed E-state index contributed by atoms with van der Waals surface area (Å²) in [5.41, 5.74) is 0.475. The molecule has 0 radical (unpaired) electrons. The molecule has 1 atom stereocenters. The largest absolute Gasteiger partial charge is 0.485 e. The molecule has 2 aromatic rings. The average molecular weight is 347 g/mol. The van der Waals surface area contributed by atoms with Crippen molar-refractivity contribution in [3.05, 3.63) is 41.5 Å². The second-order valence-electron chi connectivity index (χ2n) is 5.68. The Morgan fingerprint density at radius 3 is 2.64 bits per heavy atom. The molecule has 2 N–H and O–H groups in total. The molecule has 0 saturated carbocycles. The van der Waals surface area contributed by atoms with Crippen LogP contribution in [0.15, 0.2) is 28.8 Å². The van der Waals surface area contributed by atoms with Gasteiger partial charge in [-0.3, -0.25) is 9.59 Å². The summed E-state index contributed by atoms with van der Waals surface area (Å²) in [6.07, 6.45) is 0.685. The van der Waals surface area contributed by atoms with E-state index in [9.17, 15) is 9.59 Å². The maximum Gasteiger partial charge on any atom is 0.303 e. The molecule has 1 aromatic carbocycles. The van der Waals surface area contributed by atoms with Gasteiger partial charge in [0.05, 0.1) is 0 Å². The van der Waals surface area contributed by atoms with Gasteiger partial charge in [-0.1, -0.05) is 19.0 Å². The first-order valence-electron chi connectivity index (χ1n) is 8.02. The number of hydrogen-bond donors (Lipinski definition) is 2. The molecule has 0 fully saturated rings. The van der Waals surface area contributed by atoms with Crippen LogP contribution in [0.1, 0.15) is 42.3 Å². The molecule has 1 aromatic heterocycles. The fraction of sp³-hybridized carbons (Fsp3) is 0.412. The Morgan fingerprint density at radius 1 is 1.32 bits per heavy atom. The van der Waals surface area contributed by atoms with Crippen LogP contribution in [0.5, 0.6) is 5.75 Å². The predicted octanol–water partition coefficient (Wildman–Crippen LogP) is 2.05. The third-order valence-corrected chi connectivity index (χ3v) is 3.43. The molecule has 1 amide bonds. The van der Waals surface area contributed by atoms with Crippen molar-refractivity contribution in [3.63, 3.8) is 0 Å². The predicted molar refractivity (Wildman–Crippen MR) is 88.2 cm³/mol. The van der Waals surface area contributed by atoms with Crippen molar-refractivity contribution < 1.29 is 24.0 Å². The van der Waals surface area contributed by atoms with E-state index >= 15 is 0 Å². The molecule has 1 heterocycles. The fourth-order valence-electron chi connectivity index (χ4n) is 2.08. The molecule has 0 aliphatic heterocycles. The standard InChI is InChI=1S/C17H21N3O5/c1-3-15-19-14(20-25-15)10-24-13-6-4-12(5-7-13)17(23)18-9-11(2)8-16(21)22/h4-7,11H,3,8-10H2,1-2H3,(H,18,23)(H,21,22). The molecule has 25 heavy (non-hydrogen) atoms. The van der Waals surface area contributed by atoms with E-state index in [-0.39, 0.29) is 24.9 Å².